The van der Waals surface area contributed by atoms with Crippen LogP contribution in [0.15, 0.2) is 24.3 Å². The average molecular weight is 229 g/mol. The summed E-state index contributed by atoms with van der Waals surface area (Å²) in [7, 11) is 0. The van der Waals surface area contributed by atoms with E-state index in [9.17, 15) is 0 Å². The number of benzene rings is 1. The molecule has 1 aromatic heterocycles. The topological polar surface area (TPSA) is 66.5 Å². The molecule has 0 radical (unpaired) electrons. The van der Waals surface area contributed by atoms with Crippen LogP contribution < -0.4 is 5.32 Å². The lowest BCUT2D eigenvalue weighted by Crippen LogP contribution is -2.33. The van der Waals surface area contributed by atoms with Crippen LogP contribution in [-0.2, 0) is 0 Å². The lowest BCUT2D eigenvalue weighted by Gasteiger charge is -2.34. The first-order valence-electron chi connectivity index (χ1n) is 5.91. The van der Waals surface area contributed by atoms with Crippen molar-refractivity contribution in [3.63, 3.8) is 0 Å². The molecule has 0 unspecified atom stereocenters. The monoisotopic (exact) mass is 229 g/mol. The maximum absolute atomic E-state index is 3.98. The van der Waals surface area contributed by atoms with Gasteiger partial charge >= 0.3 is 0 Å². The largest absolute Gasteiger partial charge is 0.382 e. The minimum absolute atomic E-state index is 0.616. The summed E-state index contributed by atoms with van der Waals surface area (Å²) in [5.41, 5.74) is 2.11. The Balaban J connectivity index is 1.75. The maximum Gasteiger partial charge on any atom is 0.204 e. The number of tetrazole rings is 1. The minimum Gasteiger partial charge on any atom is -0.382 e. The van der Waals surface area contributed by atoms with Crippen molar-refractivity contribution in [3.8, 4) is 11.4 Å². The number of nitrogens with one attached hydrogen (secondary N) is 2. The highest BCUT2D eigenvalue weighted by Crippen LogP contribution is 2.30. The van der Waals surface area contributed by atoms with E-state index in [-0.39, 0.29) is 0 Å². The molecule has 2 aromatic rings. The van der Waals surface area contributed by atoms with Gasteiger partial charge in [-0.2, -0.15) is 5.21 Å². The molecule has 1 saturated carbocycles. The Kier molecular flexibility index (Phi) is 2.51. The van der Waals surface area contributed by atoms with E-state index in [0.29, 0.717) is 11.9 Å². The number of aromatic nitrogens is 4. The summed E-state index contributed by atoms with van der Waals surface area (Å²) >= 11 is 0. The number of hydrogen-bond acceptors (Lipinski definition) is 4. The molecule has 0 bridgehead atoms. The SMILES string of the molecule is CC1CC(Nc2cccc(-c3nn[nH]n3)c2)C1. The zero-order valence-corrected chi connectivity index (χ0v) is 9.72. The molecule has 0 atom stereocenters. The smallest absolute Gasteiger partial charge is 0.204 e. The van der Waals surface area contributed by atoms with Gasteiger partial charge in [0.25, 0.3) is 0 Å². The van der Waals surface area contributed by atoms with E-state index in [0.717, 1.165) is 17.2 Å². The van der Waals surface area contributed by atoms with E-state index in [2.05, 4.69) is 45.0 Å². The first kappa shape index (κ1) is 10.3. The molecule has 1 aliphatic rings. The molecule has 0 amide bonds. The third-order valence-corrected chi connectivity index (χ3v) is 3.21. The molecular weight excluding hydrogens is 214 g/mol. The number of H-pyrrole nitrogens is 1. The molecule has 88 valence electrons. The molecule has 2 N–H and O–H groups in total. The highest BCUT2D eigenvalue weighted by Gasteiger charge is 2.24. The van der Waals surface area contributed by atoms with Gasteiger partial charge in [0.15, 0.2) is 0 Å². The Labute approximate surface area is 99.6 Å². The fourth-order valence-electron chi connectivity index (χ4n) is 2.29. The van der Waals surface area contributed by atoms with Gasteiger partial charge in [0.1, 0.15) is 0 Å². The predicted octanol–water partition coefficient (Wildman–Crippen LogP) is 2.08. The second-order valence-corrected chi connectivity index (χ2v) is 4.73. The molecule has 1 fully saturated rings. The number of anilines is 1. The Hall–Kier alpha value is -1.91. The van der Waals surface area contributed by atoms with Gasteiger partial charge in [-0.3, -0.25) is 0 Å². The Morgan fingerprint density at radius 1 is 1.35 bits per heavy atom. The number of aromatic amines is 1. The Bertz CT molecular complexity index is 487. The molecule has 3 rings (SSSR count). The molecular formula is C12H15N5. The number of rotatable bonds is 3. The van der Waals surface area contributed by atoms with Crippen molar-refractivity contribution >= 4 is 5.69 Å². The van der Waals surface area contributed by atoms with Gasteiger partial charge in [0, 0.05) is 17.3 Å². The highest BCUT2D eigenvalue weighted by atomic mass is 15.5. The Morgan fingerprint density at radius 3 is 2.94 bits per heavy atom. The first-order chi connectivity index (χ1) is 8.31. The van der Waals surface area contributed by atoms with Crippen LogP contribution in [0, 0.1) is 5.92 Å². The summed E-state index contributed by atoms with van der Waals surface area (Å²) in [6.07, 6.45) is 2.51. The maximum atomic E-state index is 3.98. The summed E-state index contributed by atoms with van der Waals surface area (Å²) in [6.45, 7) is 2.29. The van der Waals surface area contributed by atoms with Crippen molar-refractivity contribution in [3.05, 3.63) is 24.3 Å². The minimum atomic E-state index is 0.616. The van der Waals surface area contributed by atoms with Gasteiger partial charge in [-0.15, -0.1) is 10.2 Å². The van der Waals surface area contributed by atoms with Crippen LogP contribution in [-0.4, -0.2) is 26.7 Å². The van der Waals surface area contributed by atoms with Crippen molar-refractivity contribution in [1.82, 2.24) is 20.6 Å². The zero-order chi connectivity index (χ0) is 11.7. The van der Waals surface area contributed by atoms with Crippen LogP contribution in [0.25, 0.3) is 11.4 Å². The van der Waals surface area contributed by atoms with Gasteiger partial charge in [-0.25, -0.2) is 0 Å². The molecule has 5 heteroatoms. The molecule has 1 aromatic carbocycles. The van der Waals surface area contributed by atoms with E-state index < -0.39 is 0 Å². The second-order valence-electron chi connectivity index (χ2n) is 4.73. The van der Waals surface area contributed by atoms with Crippen LogP contribution in [0.5, 0.6) is 0 Å². The molecule has 1 heterocycles. The Morgan fingerprint density at radius 2 is 2.24 bits per heavy atom. The van der Waals surface area contributed by atoms with Crippen LogP contribution in [0.2, 0.25) is 0 Å². The lowest BCUT2D eigenvalue weighted by molar-refractivity contribution is 0.309. The van der Waals surface area contributed by atoms with Gasteiger partial charge in [-0.1, -0.05) is 19.1 Å². The van der Waals surface area contributed by atoms with Gasteiger partial charge in [0.2, 0.25) is 5.82 Å². The molecule has 17 heavy (non-hydrogen) atoms. The van der Waals surface area contributed by atoms with Crippen molar-refractivity contribution in [1.29, 1.82) is 0 Å². The summed E-state index contributed by atoms with van der Waals surface area (Å²) in [6, 6.07) is 8.75. The highest BCUT2D eigenvalue weighted by molar-refractivity contribution is 5.62. The third-order valence-electron chi connectivity index (χ3n) is 3.21. The van der Waals surface area contributed by atoms with Crippen molar-refractivity contribution < 1.29 is 0 Å². The second kappa shape index (κ2) is 4.16. The van der Waals surface area contributed by atoms with E-state index in [1.807, 2.05) is 12.1 Å². The molecule has 0 saturated heterocycles. The standard InChI is InChI=1S/C12H15N5/c1-8-5-11(6-8)13-10-4-2-3-9(7-10)12-14-16-17-15-12/h2-4,7-8,11,13H,5-6H2,1H3,(H,14,15,16,17). The van der Waals surface area contributed by atoms with E-state index in [1.165, 1.54) is 12.8 Å². The van der Waals surface area contributed by atoms with Gasteiger partial charge in [0.05, 0.1) is 0 Å². The summed E-state index contributed by atoms with van der Waals surface area (Å²) in [4.78, 5) is 0. The van der Waals surface area contributed by atoms with E-state index in [1.54, 1.807) is 0 Å². The summed E-state index contributed by atoms with van der Waals surface area (Å²) in [5, 5.41) is 17.5. The van der Waals surface area contributed by atoms with Crippen LogP contribution in [0.1, 0.15) is 19.8 Å². The number of hydrogen-bond donors (Lipinski definition) is 2. The fraction of sp³-hybridized carbons (Fsp3) is 0.417. The van der Waals surface area contributed by atoms with Crippen LogP contribution in [0.4, 0.5) is 5.69 Å². The molecule has 1 aliphatic carbocycles. The zero-order valence-electron chi connectivity index (χ0n) is 9.72. The fourth-order valence-corrected chi connectivity index (χ4v) is 2.29. The van der Waals surface area contributed by atoms with Crippen LogP contribution >= 0.6 is 0 Å². The quantitative estimate of drug-likeness (QED) is 0.845. The molecule has 0 spiro atoms. The average Bonchev–Trinajstić information content (AvgIpc) is 2.81. The normalized spacial score (nSPS) is 23.1. The summed E-state index contributed by atoms with van der Waals surface area (Å²) < 4.78 is 0. The first-order valence-corrected chi connectivity index (χ1v) is 5.91. The van der Waals surface area contributed by atoms with E-state index >= 15 is 0 Å². The summed E-state index contributed by atoms with van der Waals surface area (Å²) in [5.74, 6) is 1.49. The van der Waals surface area contributed by atoms with Crippen LogP contribution in [0.3, 0.4) is 0 Å². The van der Waals surface area contributed by atoms with Crippen molar-refractivity contribution in [2.24, 2.45) is 5.92 Å². The third kappa shape index (κ3) is 2.13. The molecule has 0 aliphatic heterocycles. The van der Waals surface area contributed by atoms with Crippen molar-refractivity contribution in [2.45, 2.75) is 25.8 Å². The van der Waals surface area contributed by atoms with E-state index in [4.69, 9.17) is 0 Å². The lowest BCUT2D eigenvalue weighted by atomic mass is 9.82. The van der Waals surface area contributed by atoms with Crippen molar-refractivity contribution in [2.75, 3.05) is 5.32 Å². The predicted molar refractivity (Wildman–Crippen MR) is 65.4 cm³/mol. The number of nitrogens with zero attached hydrogens (tertiary/aromatic N) is 3. The molecule has 5 nitrogen and oxygen atoms in total. The van der Waals surface area contributed by atoms with Gasteiger partial charge in [-0.05, 0) is 36.1 Å². The van der Waals surface area contributed by atoms with Gasteiger partial charge < -0.3 is 5.32 Å².